The van der Waals surface area contributed by atoms with Crippen molar-refractivity contribution in [3.05, 3.63) is 64.7 Å². The number of fused-ring (bicyclic) bond motifs is 3. The molecule has 0 bridgehead atoms. The van der Waals surface area contributed by atoms with E-state index in [2.05, 4.69) is 15.5 Å². The number of benzene rings is 2. The van der Waals surface area contributed by atoms with Gasteiger partial charge in [-0.1, -0.05) is 12.1 Å². The number of hydrogen-bond acceptors (Lipinski definition) is 6. The van der Waals surface area contributed by atoms with Gasteiger partial charge < -0.3 is 5.32 Å². The molecule has 1 N–H and O–H groups in total. The molecule has 0 aliphatic heterocycles. The lowest BCUT2D eigenvalue weighted by Gasteiger charge is -2.21. The Morgan fingerprint density at radius 3 is 2.41 bits per heavy atom. The van der Waals surface area contributed by atoms with E-state index in [0.29, 0.717) is 30.1 Å². The van der Waals surface area contributed by atoms with Gasteiger partial charge in [-0.25, -0.2) is 8.42 Å². The Morgan fingerprint density at radius 1 is 1.06 bits per heavy atom. The summed E-state index contributed by atoms with van der Waals surface area (Å²) >= 11 is 0. The SMILES string of the molecule is CCn1c(=O)c2ccccc2n2c(CNc3ccc(S(=O)(=O)N(C)C(C)C)cc3)nnc12. The number of nitrogens with zero attached hydrogens (tertiary/aromatic N) is 5. The second-order valence-corrected chi connectivity index (χ2v) is 9.81. The molecule has 10 heteroatoms. The number of aryl methyl sites for hydroxylation is 1. The molecule has 4 aromatic rings. The molecule has 0 fully saturated rings. The minimum atomic E-state index is -3.53. The molecule has 0 radical (unpaired) electrons. The topological polar surface area (TPSA) is 102 Å². The molecule has 0 unspecified atom stereocenters. The summed E-state index contributed by atoms with van der Waals surface area (Å²) in [4.78, 5) is 13.0. The highest BCUT2D eigenvalue weighted by atomic mass is 32.2. The van der Waals surface area contributed by atoms with Crippen LogP contribution in [0, 0.1) is 0 Å². The molecule has 0 aliphatic rings. The van der Waals surface area contributed by atoms with Gasteiger partial charge in [0.2, 0.25) is 15.8 Å². The highest BCUT2D eigenvalue weighted by molar-refractivity contribution is 7.89. The number of rotatable bonds is 7. The number of sulfonamides is 1. The van der Waals surface area contributed by atoms with Gasteiger partial charge >= 0.3 is 0 Å². The molecular formula is C22H26N6O3S. The normalized spacial score (nSPS) is 12.3. The van der Waals surface area contributed by atoms with Crippen LogP contribution in [0.1, 0.15) is 26.6 Å². The fraction of sp³-hybridized carbons (Fsp3) is 0.318. The van der Waals surface area contributed by atoms with Crippen molar-refractivity contribution >= 4 is 32.4 Å². The molecule has 0 spiro atoms. The largest absolute Gasteiger partial charge is 0.378 e. The standard InChI is InChI=1S/C22H26N6O3S/c1-5-27-21(29)18-8-6-7-9-19(18)28-20(24-25-22(27)28)14-23-16-10-12-17(13-11-16)32(30,31)26(4)15(2)3/h6-13,15,23H,5,14H2,1-4H3. The molecular weight excluding hydrogens is 428 g/mol. The molecule has 0 saturated heterocycles. The summed E-state index contributed by atoms with van der Waals surface area (Å²) in [6.07, 6.45) is 0. The van der Waals surface area contributed by atoms with E-state index in [1.165, 1.54) is 4.31 Å². The third kappa shape index (κ3) is 3.65. The maximum Gasteiger partial charge on any atom is 0.262 e. The van der Waals surface area contributed by atoms with Crippen LogP contribution < -0.4 is 10.9 Å². The quantitative estimate of drug-likeness (QED) is 0.461. The summed E-state index contributed by atoms with van der Waals surface area (Å²) in [6, 6.07) is 13.9. The Labute approximate surface area is 186 Å². The molecule has 9 nitrogen and oxygen atoms in total. The average Bonchev–Trinajstić information content (AvgIpc) is 3.21. The molecule has 4 rings (SSSR count). The third-order valence-electron chi connectivity index (χ3n) is 5.60. The fourth-order valence-electron chi connectivity index (χ4n) is 3.58. The molecule has 0 amide bonds. The highest BCUT2D eigenvalue weighted by Crippen LogP contribution is 2.20. The van der Waals surface area contributed by atoms with Crippen LogP contribution in [0.25, 0.3) is 16.7 Å². The molecule has 168 valence electrons. The molecule has 2 heterocycles. The van der Waals surface area contributed by atoms with E-state index in [4.69, 9.17) is 0 Å². The van der Waals surface area contributed by atoms with Crippen LogP contribution in [-0.4, -0.2) is 45.0 Å². The molecule has 2 aromatic heterocycles. The number of hydrogen-bond donors (Lipinski definition) is 1. The minimum absolute atomic E-state index is 0.0920. The van der Waals surface area contributed by atoms with Crippen LogP contribution >= 0.6 is 0 Å². The minimum Gasteiger partial charge on any atom is -0.378 e. The lowest BCUT2D eigenvalue weighted by atomic mass is 10.2. The van der Waals surface area contributed by atoms with Crippen molar-refractivity contribution in [3.63, 3.8) is 0 Å². The van der Waals surface area contributed by atoms with Crippen LogP contribution in [0.15, 0.2) is 58.2 Å². The second-order valence-electron chi connectivity index (χ2n) is 7.81. The Morgan fingerprint density at radius 2 is 1.75 bits per heavy atom. The van der Waals surface area contributed by atoms with Crippen molar-refractivity contribution in [2.45, 2.75) is 44.8 Å². The van der Waals surface area contributed by atoms with Gasteiger partial charge in [-0.3, -0.25) is 13.8 Å². The predicted molar refractivity (Wildman–Crippen MR) is 124 cm³/mol. The van der Waals surface area contributed by atoms with E-state index >= 15 is 0 Å². The van der Waals surface area contributed by atoms with Gasteiger partial charge in [0, 0.05) is 25.3 Å². The zero-order valence-corrected chi connectivity index (χ0v) is 19.3. The summed E-state index contributed by atoms with van der Waals surface area (Å²) in [5.74, 6) is 1.14. The van der Waals surface area contributed by atoms with Crippen LogP contribution in [0.2, 0.25) is 0 Å². The zero-order valence-electron chi connectivity index (χ0n) is 18.5. The van der Waals surface area contributed by atoms with Crippen molar-refractivity contribution in [1.82, 2.24) is 23.5 Å². The summed E-state index contributed by atoms with van der Waals surface area (Å²) < 4.78 is 30.1. The maximum atomic E-state index is 12.8. The summed E-state index contributed by atoms with van der Waals surface area (Å²) in [6.45, 7) is 6.40. The molecule has 0 aliphatic carbocycles. The van der Waals surface area contributed by atoms with Crippen molar-refractivity contribution in [2.24, 2.45) is 0 Å². The first kappa shape index (κ1) is 22.0. The second kappa shape index (κ2) is 8.36. The van der Waals surface area contributed by atoms with Crippen LogP contribution in [0.4, 0.5) is 5.69 Å². The molecule has 32 heavy (non-hydrogen) atoms. The monoisotopic (exact) mass is 454 g/mol. The first-order valence-electron chi connectivity index (χ1n) is 10.4. The number of nitrogens with one attached hydrogen (secondary N) is 1. The maximum absolute atomic E-state index is 12.8. The molecule has 0 atom stereocenters. The Kier molecular flexibility index (Phi) is 5.74. The third-order valence-corrected chi connectivity index (χ3v) is 7.65. The number of para-hydroxylation sites is 1. The van der Waals surface area contributed by atoms with Crippen molar-refractivity contribution in [3.8, 4) is 0 Å². The van der Waals surface area contributed by atoms with Gasteiger partial charge in [0.15, 0.2) is 5.82 Å². The van der Waals surface area contributed by atoms with Crippen molar-refractivity contribution < 1.29 is 8.42 Å². The Hall–Kier alpha value is -3.24. The summed E-state index contributed by atoms with van der Waals surface area (Å²) in [7, 11) is -1.96. The van der Waals surface area contributed by atoms with Crippen molar-refractivity contribution in [2.75, 3.05) is 12.4 Å². The Bertz CT molecular complexity index is 1440. The molecule has 2 aromatic carbocycles. The lowest BCUT2D eigenvalue weighted by Crippen LogP contribution is -2.33. The van der Waals surface area contributed by atoms with Gasteiger partial charge in [-0.05, 0) is 57.2 Å². The first-order chi connectivity index (χ1) is 15.3. The van der Waals surface area contributed by atoms with Crippen molar-refractivity contribution in [1.29, 1.82) is 0 Å². The smallest absolute Gasteiger partial charge is 0.262 e. The number of aromatic nitrogens is 4. The zero-order chi connectivity index (χ0) is 23.0. The predicted octanol–water partition coefficient (Wildman–Crippen LogP) is 2.71. The Balaban J connectivity index is 1.65. The van der Waals surface area contributed by atoms with E-state index in [0.717, 1.165) is 11.2 Å². The fourth-order valence-corrected chi connectivity index (χ4v) is 4.95. The first-order valence-corrected chi connectivity index (χ1v) is 11.9. The van der Waals surface area contributed by atoms with E-state index in [1.807, 2.05) is 43.4 Å². The van der Waals surface area contributed by atoms with Gasteiger partial charge in [0.1, 0.15) is 0 Å². The lowest BCUT2D eigenvalue weighted by molar-refractivity contribution is 0.410. The number of anilines is 1. The summed E-state index contributed by atoms with van der Waals surface area (Å²) in [5.41, 5.74) is 1.41. The molecule has 0 saturated carbocycles. The van der Waals surface area contributed by atoms with E-state index in [-0.39, 0.29) is 16.5 Å². The van der Waals surface area contributed by atoms with E-state index in [9.17, 15) is 13.2 Å². The van der Waals surface area contributed by atoms with Gasteiger partial charge in [-0.15, -0.1) is 10.2 Å². The van der Waals surface area contributed by atoms with Crippen LogP contribution in [0.5, 0.6) is 0 Å². The van der Waals surface area contributed by atoms with E-state index in [1.54, 1.807) is 41.9 Å². The van der Waals surface area contributed by atoms with Gasteiger partial charge in [0.25, 0.3) is 5.56 Å². The summed E-state index contributed by atoms with van der Waals surface area (Å²) in [5, 5.41) is 12.4. The van der Waals surface area contributed by atoms with Gasteiger partial charge in [-0.2, -0.15) is 4.31 Å². The van der Waals surface area contributed by atoms with Gasteiger partial charge in [0.05, 0.1) is 22.3 Å². The van der Waals surface area contributed by atoms with Crippen LogP contribution in [0.3, 0.4) is 0 Å². The van der Waals surface area contributed by atoms with Crippen LogP contribution in [-0.2, 0) is 23.1 Å². The average molecular weight is 455 g/mol. The highest BCUT2D eigenvalue weighted by Gasteiger charge is 2.23. The van der Waals surface area contributed by atoms with E-state index < -0.39 is 10.0 Å².